The third kappa shape index (κ3) is 4.00. The zero-order valence-corrected chi connectivity index (χ0v) is 13.5. The van der Waals surface area contributed by atoms with Gasteiger partial charge >= 0.3 is 0 Å². The summed E-state index contributed by atoms with van der Waals surface area (Å²) in [5.74, 6) is 0. The highest BCUT2D eigenvalue weighted by Crippen LogP contribution is 2.30. The molecule has 0 atom stereocenters. The smallest absolute Gasteiger partial charge is 0.242 e. The van der Waals surface area contributed by atoms with Crippen molar-refractivity contribution in [1.29, 1.82) is 0 Å². The number of pyridine rings is 1. The molecule has 0 saturated carbocycles. The number of hydrogen-bond donors (Lipinski definition) is 2. The Morgan fingerprint density at radius 1 is 1.43 bits per heavy atom. The first kappa shape index (κ1) is 16.4. The molecule has 1 aromatic heterocycles. The summed E-state index contributed by atoms with van der Waals surface area (Å²) >= 11 is 0. The third-order valence-electron chi connectivity index (χ3n) is 4.21. The highest BCUT2D eigenvalue weighted by atomic mass is 32.2. The Morgan fingerprint density at radius 3 is 2.71 bits per heavy atom. The molecule has 2 heterocycles. The van der Waals surface area contributed by atoms with Gasteiger partial charge in [-0.05, 0) is 50.5 Å². The maximum Gasteiger partial charge on any atom is 0.242 e. The van der Waals surface area contributed by atoms with Crippen molar-refractivity contribution in [2.75, 3.05) is 26.7 Å². The summed E-state index contributed by atoms with van der Waals surface area (Å²) in [6.45, 7) is 4.69. The summed E-state index contributed by atoms with van der Waals surface area (Å²) in [6.07, 6.45) is 3.53. The van der Waals surface area contributed by atoms with E-state index < -0.39 is 10.0 Å². The van der Waals surface area contributed by atoms with E-state index in [2.05, 4.69) is 28.6 Å². The van der Waals surface area contributed by atoms with Crippen LogP contribution >= 0.6 is 0 Å². The summed E-state index contributed by atoms with van der Waals surface area (Å²) in [7, 11) is -1.47. The molecule has 0 spiro atoms. The van der Waals surface area contributed by atoms with Gasteiger partial charge in [0.05, 0.1) is 5.69 Å². The van der Waals surface area contributed by atoms with Gasteiger partial charge < -0.3 is 10.6 Å². The molecule has 3 N–H and O–H groups in total. The van der Waals surface area contributed by atoms with Gasteiger partial charge in [0.25, 0.3) is 0 Å². The second-order valence-electron chi connectivity index (χ2n) is 6.09. The van der Waals surface area contributed by atoms with Gasteiger partial charge in [-0.15, -0.1) is 0 Å². The number of nitrogens with two attached hydrogens (primary N) is 1. The zero-order valence-electron chi connectivity index (χ0n) is 12.7. The largest absolute Gasteiger partial charge is 0.325 e. The summed E-state index contributed by atoms with van der Waals surface area (Å²) in [5, 5.41) is 0. The van der Waals surface area contributed by atoms with Gasteiger partial charge in [-0.3, -0.25) is 4.98 Å². The number of nitrogens with zero attached hydrogens (tertiary/aromatic N) is 2. The molecule has 0 bridgehead atoms. The predicted molar refractivity (Wildman–Crippen MR) is 82.2 cm³/mol. The summed E-state index contributed by atoms with van der Waals surface area (Å²) in [4.78, 5) is 6.49. The molecule has 1 fully saturated rings. The van der Waals surface area contributed by atoms with Gasteiger partial charge in [0.2, 0.25) is 10.0 Å². The molecule has 1 saturated heterocycles. The van der Waals surface area contributed by atoms with E-state index in [1.54, 1.807) is 18.3 Å². The van der Waals surface area contributed by atoms with Crippen molar-refractivity contribution in [2.24, 2.45) is 11.1 Å². The molecule has 7 heteroatoms. The molecular formula is C14H24N4O2S. The van der Waals surface area contributed by atoms with E-state index in [1.165, 1.54) is 0 Å². The molecular weight excluding hydrogens is 288 g/mol. The molecule has 0 aliphatic carbocycles. The molecule has 0 aromatic carbocycles. The van der Waals surface area contributed by atoms with Crippen LogP contribution in [-0.2, 0) is 16.6 Å². The van der Waals surface area contributed by atoms with Crippen molar-refractivity contribution in [3.63, 3.8) is 0 Å². The number of aromatic nitrogens is 1. The number of piperidine rings is 1. The van der Waals surface area contributed by atoms with E-state index in [-0.39, 0.29) is 16.9 Å². The highest BCUT2D eigenvalue weighted by Gasteiger charge is 2.31. The molecule has 1 aromatic rings. The minimum absolute atomic E-state index is 0.00463. The number of likely N-dealkylation sites (tertiary alicyclic amines) is 1. The fraction of sp³-hybridized carbons (Fsp3) is 0.643. The normalized spacial score (nSPS) is 19.6. The molecule has 1 aliphatic rings. The molecule has 0 unspecified atom stereocenters. The van der Waals surface area contributed by atoms with E-state index in [1.807, 2.05) is 0 Å². The van der Waals surface area contributed by atoms with Crippen molar-refractivity contribution < 1.29 is 8.42 Å². The molecule has 0 amide bonds. The van der Waals surface area contributed by atoms with Gasteiger partial charge in [-0.2, -0.15) is 0 Å². The van der Waals surface area contributed by atoms with Crippen LogP contribution in [0, 0.1) is 5.41 Å². The first-order valence-corrected chi connectivity index (χ1v) is 8.67. The van der Waals surface area contributed by atoms with Crippen LogP contribution < -0.4 is 10.5 Å². The number of sulfonamides is 1. The van der Waals surface area contributed by atoms with Crippen LogP contribution in [0.2, 0.25) is 0 Å². The van der Waals surface area contributed by atoms with Crippen molar-refractivity contribution in [3.05, 3.63) is 24.0 Å². The second-order valence-corrected chi connectivity index (χ2v) is 7.83. The Kier molecular flexibility index (Phi) is 4.98. The van der Waals surface area contributed by atoms with Gasteiger partial charge in [0.1, 0.15) is 4.90 Å². The van der Waals surface area contributed by atoms with Gasteiger partial charge in [-0.25, -0.2) is 13.1 Å². The molecule has 1 aliphatic heterocycles. The molecule has 118 valence electrons. The first-order chi connectivity index (χ1) is 9.86. The van der Waals surface area contributed by atoms with E-state index in [0.717, 1.165) is 25.9 Å². The lowest BCUT2D eigenvalue weighted by atomic mass is 9.81. The van der Waals surface area contributed by atoms with Crippen molar-refractivity contribution >= 4 is 10.0 Å². The number of nitrogens with one attached hydrogen (secondary N) is 1. The third-order valence-corrected chi connectivity index (χ3v) is 5.69. The van der Waals surface area contributed by atoms with Gasteiger partial charge in [0.15, 0.2) is 0 Å². The van der Waals surface area contributed by atoms with Crippen LogP contribution in [0.5, 0.6) is 0 Å². The molecule has 0 radical (unpaired) electrons. The van der Waals surface area contributed by atoms with Crippen LogP contribution in [0.1, 0.15) is 25.5 Å². The van der Waals surface area contributed by atoms with Crippen LogP contribution in [0.25, 0.3) is 0 Å². The van der Waals surface area contributed by atoms with Crippen LogP contribution in [-0.4, -0.2) is 45.0 Å². The fourth-order valence-electron chi connectivity index (χ4n) is 2.50. The van der Waals surface area contributed by atoms with E-state index >= 15 is 0 Å². The Morgan fingerprint density at radius 2 is 2.10 bits per heavy atom. The minimum Gasteiger partial charge on any atom is -0.325 e. The van der Waals surface area contributed by atoms with Crippen LogP contribution in [0.4, 0.5) is 0 Å². The van der Waals surface area contributed by atoms with E-state index in [9.17, 15) is 8.42 Å². The Hall–Kier alpha value is -1.02. The van der Waals surface area contributed by atoms with Gasteiger partial charge in [-0.1, -0.05) is 6.92 Å². The monoisotopic (exact) mass is 312 g/mol. The Bertz CT molecular complexity index is 580. The second kappa shape index (κ2) is 6.39. The lowest BCUT2D eigenvalue weighted by Gasteiger charge is -2.37. The lowest BCUT2D eigenvalue weighted by molar-refractivity contribution is 0.143. The standard InChI is InChI=1S/C14H24N4O2S/c1-14(5-8-18(2)9-6-14)11-17-21(19,20)13-4-3-7-16-12(13)10-15/h3-4,7,17H,5-6,8-11,15H2,1-2H3. The molecule has 21 heavy (non-hydrogen) atoms. The summed E-state index contributed by atoms with van der Waals surface area (Å²) < 4.78 is 27.6. The topological polar surface area (TPSA) is 88.3 Å². The van der Waals surface area contributed by atoms with E-state index in [0.29, 0.717) is 12.2 Å². The quantitative estimate of drug-likeness (QED) is 0.829. The predicted octanol–water partition coefficient (Wildman–Crippen LogP) is 0.551. The van der Waals surface area contributed by atoms with Crippen molar-refractivity contribution in [1.82, 2.24) is 14.6 Å². The lowest BCUT2D eigenvalue weighted by Crippen LogP contribution is -2.43. The van der Waals surface area contributed by atoms with Crippen molar-refractivity contribution in [2.45, 2.75) is 31.2 Å². The summed E-state index contributed by atoms with van der Waals surface area (Å²) in [6, 6.07) is 3.17. The highest BCUT2D eigenvalue weighted by molar-refractivity contribution is 7.89. The fourth-order valence-corrected chi connectivity index (χ4v) is 3.90. The van der Waals surface area contributed by atoms with Crippen LogP contribution in [0.15, 0.2) is 23.2 Å². The maximum absolute atomic E-state index is 12.4. The average Bonchev–Trinajstić information content (AvgIpc) is 2.49. The molecule has 6 nitrogen and oxygen atoms in total. The van der Waals surface area contributed by atoms with E-state index in [4.69, 9.17) is 5.73 Å². The van der Waals surface area contributed by atoms with Gasteiger partial charge in [0, 0.05) is 19.3 Å². The number of hydrogen-bond acceptors (Lipinski definition) is 5. The van der Waals surface area contributed by atoms with Crippen molar-refractivity contribution in [3.8, 4) is 0 Å². The number of rotatable bonds is 5. The zero-order chi connectivity index (χ0) is 15.5. The average molecular weight is 312 g/mol. The SMILES string of the molecule is CN1CCC(C)(CNS(=O)(=O)c2cccnc2CN)CC1. The van der Waals surface area contributed by atoms with Crippen LogP contribution in [0.3, 0.4) is 0 Å². The Labute approximate surface area is 126 Å². The Balaban J connectivity index is 2.08. The first-order valence-electron chi connectivity index (χ1n) is 7.18. The molecule has 2 rings (SSSR count). The maximum atomic E-state index is 12.4. The minimum atomic E-state index is -3.56. The summed E-state index contributed by atoms with van der Waals surface area (Å²) in [5.41, 5.74) is 5.97.